The van der Waals surface area contributed by atoms with E-state index in [1.165, 1.54) is 0 Å². The average Bonchev–Trinajstić information content (AvgIpc) is 2.64. The minimum absolute atomic E-state index is 0.279. The fourth-order valence-corrected chi connectivity index (χ4v) is 2.35. The second-order valence-corrected chi connectivity index (χ2v) is 5.84. The van der Waals surface area contributed by atoms with Crippen molar-refractivity contribution in [1.29, 1.82) is 5.26 Å². The number of hydrogen-bond donors (Lipinski definition) is 1. The molecule has 1 amide bonds. The van der Waals surface area contributed by atoms with Crippen molar-refractivity contribution < 1.29 is 19.1 Å². The molecule has 2 aromatic carbocycles. The zero-order chi connectivity index (χ0) is 18.9. The quantitative estimate of drug-likeness (QED) is 0.755. The number of amides is 1. The molecule has 26 heavy (non-hydrogen) atoms. The van der Waals surface area contributed by atoms with Gasteiger partial charge < -0.3 is 14.8 Å². The minimum Gasteiger partial charge on any atom is -0.481 e. The Bertz CT molecular complexity index is 832. The molecule has 0 spiro atoms. The van der Waals surface area contributed by atoms with Crippen LogP contribution < -0.4 is 10.1 Å². The smallest absolute Gasteiger partial charge is 0.344 e. The van der Waals surface area contributed by atoms with Crippen LogP contribution in [0.1, 0.15) is 24.1 Å². The van der Waals surface area contributed by atoms with Crippen molar-refractivity contribution in [3.8, 4) is 11.8 Å². The topological polar surface area (TPSA) is 88.4 Å². The molecule has 2 aromatic rings. The van der Waals surface area contributed by atoms with Gasteiger partial charge in [0.15, 0.2) is 13.2 Å². The van der Waals surface area contributed by atoms with E-state index >= 15 is 0 Å². The summed E-state index contributed by atoms with van der Waals surface area (Å²) < 4.78 is 10.1. The number of rotatable bonds is 7. The summed E-state index contributed by atoms with van der Waals surface area (Å²) in [6, 6.07) is 15.3. The number of hydrogen-bond acceptors (Lipinski definition) is 5. The molecule has 0 aliphatic carbocycles. The molecule has 0 radical (unpaired) electrons. The Morgan fingerprint density at radius 1 is 1.19 bits per heavy atom. The lowest BCUT2D eigenvalue weighted by molar-refractivity contribution is -0.150. The Kier molecular flexibility index (Phi) is 7.01. The summed E-state index contributed by atoms with van der Waals surface area (Å²) in [5.41, 5.74) is 1.15. The molecule has 0 aliphatic heterocycles. The number of nitrogens with zero attached hydrogens (tertiary/aromatic N) is 1. The predicted octanol–water partition coefficient (Wildman–Crippen LogP) is 3.01. The first-order chi connectivity index (χ1) is 12.5. The highest BCUT2D eigenvalue weighted by Gasteiger charge is 2.13. The summed E-state index contributed by atoms with van der Waals surface area (Å²) in [6.45, 7) is 0.982. The first-order valence-electron chi connectivity index (χ1n) is 7.82. The fourth-order valence-electron chi connectivity index (χ4n) is 2.15. The molecule has 2 rings (SSSR count). The van der Waals surface area contributed by atoms with Crippen molar-refractivity contribution in [3.05, 3.63) is 64.7 Å². The number of nitriles is 1. The maximum absolute atomic E-state index is 11.9. The van der Waals surface area contributed by atoms with E-state index in [9.17, 15) is 9.59 Å². The minimum atomic E-state index is -0.705. The number of para-hydroxylation sites is 1. The molecule has 0 heterocycles. The largest absolute Gasteiger partial charge is 0.481 e. The second kappa shape index (κ2) is 9.44. The van der Waals surface area contributed by atoms with Crippen LogP contribution in [0.5, 0.6) is 5.75 Å². The van der Waals surface area contributed by atoms with Crippen molar-refractivity contribution in [2.24, 2.45) is 0 Å². The number of benzene rings is 2. The normalized spacial score (nSPS) is 11.1. The monoisotopic (exact) mass is 372 g/mol. The molecule has 134 valence electrons. The van der Waals surface area contributed by atoms with Crippen LogP contribution in [-0.2, 0) is 14.3 Å². The number of esters is 1. The van der Waals surface area contributed by atoms with Gasteiger partial charge in [-0.2, -0.15) is 5.26 Å². The summed E-state index contributed by atoms with van der Waals surface area (Å²) in [5.74, 6) is -0.863. The maximum atomic E-state index is 11.9. The number of carbonyl (C=O) groups is 2. The summed E-state index contributed by atoms with van der Waals surface area (Å²) in [7, 11) is 0. The van der Waals surface area contributed by atoms with Crippen LogP contribution in [-0.4, -0.2) is 25.1 Å². The van der Waals surface area contributed by atoms with Crippen molar-refractivity contribution in [2.45, 2.75) is 13.0 Å². The van der Waals surface area contributed by atoms with Crippen LogP contribution >= 0.6 is 11.6 Å². The summed E-state index contributed by atoms with van der Waals surface area (Å²) in [6.07, 6.45) is 0. The molecule has 1 atom stereocenters. The molecule has 6 nitrogen and oxygen atoms in total. The third-order valence-corrected chi connectivity index (χ3v) is 3.68. The number of halogens is 1. The Labute approximate surface area is 156 Å². The van der Waals surface area contributed by atoms with Crippen LogP contribution in [0.4, 0.5) is 0 Å². The van der Waals surface area contributed by atoms with Crippen LogP contribution in [0.2, 0.25) is 5.02 Å². The van der Waals surface area contributed by atoms with Gasteiger partial charge in [-0.25, -0.2) is 4.79 Å². The van der Waals surface area contributed by atoms with Crippen molar-refractivity contribution >= 4 is 23.5 Å². The lowest BCUT2D eigenvalue weighted by atomic mass is 10.1. The van der Waals surface area contributed by atoms with Gasteiger partial charge in [-0.1, -0.05) is 35.9 Å². The van der Waals surface area contributed by atoms with Crippen LogP contribution in [0, 0.1) is 11.3 Å². The third kappa shape index (κ3) is 5.80. The van der Waals surface area contributed by atoms with Gasteiger partial charge in [-0.05, 0) is 36.8 Å². The first-order valence-corrected chi connectivity index (χ1v) is 8.19. The second-order valence-electron chi connectivity index (χ2n) is 5.40. The van der Waals surface area contributed by atoms with E-state index in [4.69, 9.17) is 26.3 Å². The molecule has 1 N–H and O–H groups in total. The molecular formula is C19H17ClN2O4. The van der Waals surface area contributed by atoms with Gasteiger partial charge in [-0.3, -0.25) is 4.79 Å². The van der Waals surface area contributed by atoms with Gasteiger partial charge in [-0.15, -0.1) is 0 Å². The Morgan fingerprint density at radius 3 is 2.69 bits per heavy atom. The van der Waals surface area contributed by atoms with E-state index in [0.29, 0.717) is 10.6 Å². The zero-order valence-corrected chi connectivity index (χ0v) is 14.8. The number of carbonyl (C=O) groups excluding carboxylic acids is 2. The van der Waals surface area contributed by atoms with Crippen LogP contribution in [0.15, 0.2) is 48.5 Å². The zero-order valence-electron chi connectivity index (χ0n) is 14.1. The van der Waals surface area contributed by atoms with Crippen molar-refractivity contribution in [1.82, 2.24) is 5.32 Å². The van der Waals surface area contributed by atoms with Crippen molar-refractivity contribution in [3.63, 3.8) is 0 Å². The van der Waals surface area contributed by atoms with E-state index < -0.39 is 25.1 Å². The average molecular weight is 373 g/mol. The van der Waals surface area contributed by atoms with E-state index in [1.807, 2.05) is 12.1 Å². The van der Waals surface area contributed by atoms with Crippen LogP contribution in [0.3, 0.4) is 0 Å². The third-order valence-electron chi connectivity index (χ3n) is 3.44. The molecule has 0 aromatic heterocycles. The lowest BCUT2D eigenvalue weighted by Gasteiger charge is -2.14. The van der Waals surface area contributed by atoms with E-state index in [-0.39, 0.29) is 11.8 Å². The van der Waals surface area contributed by atoms with Crippen molar-refractivity contribution in [2.75, 3.05) is 13.2 Å². The highest BCUT2D eigenvalue weighted by molar-refractivity contribution is 6.30. The standard InChI is InChI=1S/C19H17ClN2O4/c1-13(14-6-4-7-16(20)9-14)22-18(23)11-26-19(24)12-25-17-8-3-2-5-15(17)10-21/h2-9,13H,11-12H2,1H3,(H,22,23)/t13-/m1/s1. The molecule has 0 saturated carbocycles. The predicted molar refractivity (Wildman–Crippen MR) is 95.6 cm³/mol. The molecule has 7 heteroatoms. The van der Waals surface area contributed by atoms with Gasteiger partial charge in [0.05, 0.1) is 11.6 Å². The number of ether oxygens (including phenoxy) is 2. The summed E-state index contributed by atoms with van der Waals surface area (Å²) in [5, 5.41) is 12.2. The highest BCUT2D eigenvalue weighted by atomic mass is 35.5. The van der Waals surface area contributed by atoms with E-state index in [2.05, 4.69) is 5.32 Å². The van der Waals surface area contributed by atoms with E-state index in [0.717, 1.165) is 5.56 Å². The Hall–Kier alpha value is -3.04. The highest BCUT2D eigenvalue weighted by Crippen LogP contribution is 2.17. The Balaban J connectivity index is 1.76. The molecule has 0 bridgehead atoms. The van der Waals surface area contributed by atoms with Gasteiger partial charge in [0, 0.05) is 5.02 Å². The fraction of sp³-hybridized carbons (Fsp3) is 0.211. The molecular weight excluding hydrogens is 356 g/mol. The Morgan fingerprint density at radius 2 is 1.96 bits per heavy atom. The SMILES string of the molecule is C[C@@H](NC(=O)COC(=O)COc1ccccc1C#N)c1cccc(Cl)c1. The van der Waals surface area contributed by atoms with Gasteiger partial charge in [0.25, 0.3) is 5.91 Å². The number of nitrogens with one attached hydrogen (secondary N) is 1. The lowest BCUT2D eigenvalue weighted by Crippen LogP contribution is -2.32. The van der Waals surface area contributed by atoms with Gasteiger partial charge in [0.2, 0.25) is 0 Å². The van der Waals surface area contributed by atoms with Gasteiger partial charge >= 0.3 is 5.97 Å². The summed E-state index contributed by atoms with van der Waals surface area (Å²) >= 11 is 5.92. The maximum Gasteiger partial charge on any atom is 0.344 e. The molecule has 0 fully saturated rings. The van der Waals surface area contributed by atoms with Crippen LogP contribution in [0.25, 0.3) is 0 Å². The molecule has 0 saturated heterocycles. The first kappa shape index (κ1) is 19.3. The summed E-state index contributed by atoms with van der Waals surface area (Å²) in [4.78, 5) is 23.6. The molecule has 0 unspecified atom stereocenters. The van der Waals surface area contributed by atoms with E-state index in [1.54, 1.807) is 49.4 Å². The molecule has 0 aliphatic rings. The van der Waals surface area contributed by atoms with Gasteiger partial charge in [0.1, 0.15) is 11.8 Å².